The Morgan fingerprint density at radius 3 is 2.47 bits per heavy atom. The fraction of sp³-hybridized carbons (Fsp3) is 0.357. The van der Waals surface area contributed by atoms with Gasteiger partial charge in [-0.3, -0.25) is 4.79 Å². The molecule has 1 amide bonds. The van der Waals surface area contributed by atoms with E-state index in [1.165, 1.54) is 0 Å². The zero-order valence-corrected chi connectivity index (χ0v) is 20.5. The number of halogens is 3. The van der Waals surface area contributed by atoms with E-state index in [-0.39, 0.29) is 18.0 Å². The highest BCUT2D eigenvalue weighted by Crippen LogP contribution is 2.39. The second-order valence-electron chi connectivity index (χ2n) is 10.1. The van der Waals surface area contributed by atoms with Crippen LogP contribution in [0.15, 0.2) is 59.1 Å². The number of pyridine rings is 1. The molecule has 2 N–H and O–H groups in total. The number of benzene rings is 2. The number of amides is 1. The van der Waals surface area contributed by atoms with Gasteiger partial charge < -0.3 is 15.2 Å². The summed E-state index contributed by atoms with van der Waals surface area (Å²) in [6.07, 6.45) is 0.666. The summed E-state index contributed by atoms with van der Waals surface area (Å²) in [5.74, 6) is 1.36. The number of nitrogens with one attached hydrogen (secondary N) is 2. The molecule has 0 unspecified atom stereocenters. The number of rotatable bonds is 6. The van der Waals surface area contributed by atoms with Crippen molar-refractivity contribution in [3.8, 4) is 11.4 Å². The topological polar surface area (TPSA) is 92.9 Å². The van der Waals surface area contributed by atoms with Gasteiger partial charge in [0.05, 0.1) is 5.52 Å². The first kappa shape index (κ1) is 24.4. The normalized spacial score (nSPS) is 19.9. The van der Waals surface area contributed by atoms with Crippen LogP contribution >= 0.6 is 0 Å². The highest BCUT2D eigenvalue weighted by atomic mass is 19.4. The SMILES string of the molecule is O=C(N[C@@H]1CCC[C@H](Nc2cc(C(F)(F)F)nc3ccccc23)C1)c1ccc(-c2noc(C3CC3)n2)cc1. The monoisotopic (exact) mass is 521 g/mol. The average Bonchev–Trinajstić information content (AvgIpc) is 3.64. The summed E-state index contributed by atoms with van der Waals surface area (Å²) in [5.41, 5.74) is 1.07. The first-order valence-electron chi connectivity index (χ1n) is 12.8. The van der Waals surface area contributed by atoms with Crippen LogP contribution < -0.4 is 10.6 Å². The number of fused-ring (bicyclic) bond motifs is 1. The minimum Gasteiger partial charge on any atom is -0.382 e. The van der Waals surface area contributed by atoms with Crippen LogP contribution in [0.5, 0.6) is 0 Å². The lowest BCUT2D eigenvalue weighted by molar-refractivity contribution is -0.140. The van der Waals surface area contributed by atoms with E-state index in [4.69, 9.17) is 4.52 Å². The number of carbonyl (C=O) groups excluding carboxylic acids is 1. The third-order valence-corrected chi connectivity index (χ3v) is 7.15. The van der Waals surface area contributed by atoms with Gasteiger partial charge in [-0.05, 0) is 62.8 Å². The van der Waals surface area contributed by atoms with E-state index in [2.05, 4.69) is 25.8 Å². The van der Waals surface area contributed by atoms with Crippen molar-refractivity contribution in [1.82, 2.24) is 20.4 Å². The maximum atomic E-state index is 13.4. The van der Waals surface area contributed by atoms with Gasteiger partial charge in [0.15, 0.2) is 0 Å². The molecular weight excluding hydrogens is 495 g/mol. The van der Waals surface area contributed by atoms with Gasteiger partial charge in [-0.1, -0.05) is 35.5 Å². The number of hydrogen-bond acceptors (Lipinski definition) is 6. The molecular formula is C28H26F3N5O2. The molecule has 2 aromatic carbocycles. The number of carbonyl (C=O) groups is 1. The summed E-state index contributed by atoms with van der Waals surface area (Å²) in [6.45, 7) is 0. The lowest BCUT2D eigenvalue weighted by Gasteiger charge is -2.31. The molecule has 4 aromatic rings. The van der Waals surface area contributed by atoms with Gasteiger partial charge in [-0.25, -0.2) is 4.98 Å². The van der Waals surface area contributed by atoms with Crippen molar-refractivity contribution in [3.05, 3.63) is 71.7 Å². The molecule has 196 valence electrons. The number of nitrogens with zero attached hydrogens (tertiary/aromatic N) is 3. The molecule has 2 saturated carbocycles. The zero-order chi connectivity index (χ0) is 26.3. The van der Waals surface area contributed by atoms with Gasteiger partial charge in [0.25, 0.3) is 5.91 Å². The van der Waals surface area contributed by atoms with Gasteiger partial charge >= 0.3 is 6.18 Å². The van der Waals surface area contributed by atoms with Crippen LogP contribution in [-0.2, 0) is 6.18 Å². The third-order valence-electron chi connectivity index (χ3n) is 7.15. The predicted molar refractivity (Wildman–Crippen MR) is 136 cm³/mol. The molecule has 2 aromatic heterocycles. The van der Waals surface area contributed by atoms with Gasteiger partial charge in [0.2, 0.25) is 11.7 Å². The van der Waals surface area contributed by atoms with Crippen LogP contribution in [0.25, 0.3) is 22.3 Å². The molecule has 2 aliphatic rings. The van der Waals surface area contributed by atoms with E-state index in [1.54, 1.807) is 48.5 Å². The zero-order valence-electron chi connectivity index (χ0n) is 20.5. The molecule has 2 fully saturated rings. The van der Waals surface area contributed by atoms with Crippen molar-refractivity contribution < 1.29 is 22.5 Å². The predicted octanol–water partition coefficient (Wildman–Crippen LogP) is 6.33. The summed E-state index contributed by atoms with van der Waals surface area (Å²) in [5, 5.41) is 11.1. The first-order valence-corrected chi connectivity index (χ1v) is 12.8. The van der Waals surface area contributed by atoms with E-state index in [1.807, 2.05) is 0 Å². The second-order valence-corrected chi connectivity index (χ2v) is 10.1. The van der Waals surface area contributed by atoms with E-state index in [9.17, 15) is 18.0 Å². The summed E-state index contributed by atoms with van der Waals surface area (Å²) in [6, 6.07) is 14.8. The quantitative estimate of drug-likeness (QED) is 0.308. The molecule has 0 radical (unpaired) electrons. The molecule has 0 saturated heterocycles. The summed E-state index contributed by atoms with van der Waals surface area (Å²) < 4.78 is 45.7. The van der Waals surface area contributed by atoms with Crippen molar-refractivity contribution in [1.29, 1.82) is 0 Å². The molecule has 0 aliphatic heterocycles. The van der Waals surface area contributed by atoms with E-state index < -0.39 is 11.9 Å². The molecule has 2 aliphatic carbocycles. The van der Waals surface area contributed by atoms with Crippen LogP contribution in [0.2, 0.25) is 0 Å². The Morgan fingerprint density at radius 1 is 0.947 bits per heavy atom. The van der Waals surface area contributed by atoms with Crippen LogP contribution in [0.3, 0.4) is 0 Å². The number of aromatic nitrogens is 3. The van der Waals surface area contributed by atoms with Gasteiger partial charge in [-0.15, -0.1) is 0 Å². The summed E-state index contributed by atoms with van der Waals surface area (Å²) >= 11 is 0. The standard InChI is InChI=1S/C28H26F3N5O2/c29-28(30,31)24-15-23(21-6-1-2-7-22(21)34-24)32-19-4-3-5-20(14-19)33-26(37)17-10-8-16(9-11-17)25-35-27(38-36-25)18-12-13-18/h1-2,6-11,15,18-20H,3-5,12-14H2,(H,32,34)(H,33,37)/t19-,20+/m0/s1. The largest absolute Gasteiger partial charge is 0.433 e. The lowest BCUT2D eigenvalue weighted by Crippen LogP contribution is -2.41. The molecule has 38 heavy (non-hydrogen) atoms. The van der Waals surface area contributed by atoms with Crippen LogP contribution in [0.1, 0.15) is 66.4 Å². The highest BCUT2D eigenvalue weighted by Gasteiger charge is 2.34. The second kappa shape index (κ2) is 9.74. The van der Waals surface area contributed by atoms with Crippen molar-refractivity contribution >= 4 is 22.5 Å². The number of para-hydroxylation sites is 1. The fourth-order valence-corrected chi connectivity index (χ4v) is 5.00. The smallest absolute Gasteiger partial charge is 0.382 e. The van der Waals surface area contributed by atoms with E-state index >= 15 is 0 Å². The lowest BCUT2D eigenvalue weighted by atomic mass is 9.90. The Balaban J connectivity index is 1.12. The van der Waals surface area contributed by atoms with Crippen LogP contribution in [0, 0.1) is 0 Å². The molecule has 0 bridgehead atoms. The maximum Gasteiger partial charge on any atom is 0.433 e. The van der Waals surface area contributed by atoms with Gasteiger partial charge in [0, 0.05) is 40.2 Å². The Morgan fingerprint density at radius 2 is 1.71 bits per heavy atom. The number of alkyl halides is 3. The maximum absolute atomic E-state index is 13.4. The van der Waals surface area contributed by atoms with Crippen molar-refractivity contribution in [2.75, 3.05) is 5.32 Å². The molecule has 7 nitrogen and oxygen atoms in total. The Labute approximate surface area is 216 Å². The summed E-state index contributed by atoms with van der Waals surface area (Å²) in [7, 11) is 0. The molecule has 0 spiro atoms. The van der Waals surface area contributed by atoms with Crippen molar-refractivity contribution in [2.24, 2.45) is 0 Å². The van der Waals surface area contributed by atoms with Crippen molar-refractivity contribution in [2.45, 2.75) is 62.7 Å². The van der Waals surface area contributed by atoms with Gasteiger partial charge in [-0.2, -0.15) is 18.2 Å². The fourth-order valence-electron chi connectivity index (χ4n) is 5.00. The van der Waals surface area contributed by atoms with E-state index in [0.717, 1.165) is 43.7 Å². The minimum absolute atomic E-state index is 0.0813. The van der Waals surface area contributed by atoms with E-state index in [0.29, 0.717) is 46.2 Å². The number of hydrogen-bond donors (Lipinski definition) is 2. The Kier molecular flexibility index (Phi) is 6.25. The third kappa shape index (κ3) is 5.20. The molecule has 2 heterocycles. The minimum atomic E-state index is -4.54. The summed E-state index contributed by atoms with van der Waals surface area (Å²) in [4.78, 5) is 21.2. The van der Waals surface area contributed by atoms with Crippen molar-refractivity contribution in [3.63, 3.8) is 0 Å². The molecule has 10 heteroatoms. The Bertz CT molecular complexity index is 1460. The molecule has 2 atom stereocenters. The van der Waals surface area contributed by atoms with Crippen LogP contribution in [-0.4, -0.2) is 33.1 Å². The first-order chi connectivity index (χ1) is 18.3. The van der Waals surface area contributed by atoms with Gasteiger partial charge in [0.1, 0.15) is 5.69 Å². The number of anilines is 1. The Hall–Kier alpha value is -3.95. The average molecular weight is 522 g/mol. The highest BCUT2D eigenvalue weighted by molar-refractivity contribution is 5.95. The van der Waals surface area contributed by atoms with Crippen LogP contribution in [0.4, 0.5) is 18.9 Å². The molecule has 6 rings (SSSR count).